The molecule has 0 saturated heterocycles. The fourth-order valence-electron chi connectivity index (χ4n) is 2.16. The van der Waals surface area contributed by atoms with Crippen molar-refractivity contribution >= 4 is 27.1 Å². The quantitative estimate of drug-likeness (QED) is 0.827. The highest BCUT2D eigenvalue weighted by molar-refractivity contribution is 7.17. The first-order chi connectivity index (χ1) is 8.72. The van der Waals surface area contributed by atoms with Crippen LogP contribution in [0.25, 0.3) is 10.1 Å². The molecule has 18 heavy (non-hydrogen) atoms. The minimum atomic E-state index is 0.661. The van der Waals surface area contributed by atoms with E-state index >= 15 is 0 Å². The molecule has 0 amide bonds. The highest BCUT2D eigenvalue weighted by Crippen LogP contribution is 2.30. The summed E-state index contributed by atoms with van der Waals surface area (Å²) in [6.45, 7) is 6.66. The van der Waals surface area contributed by atoms with Gasteiger partial charge in [0.15, 0.2) is 0 Å². The molecule has 0 aliphatic carbocycles. The average Bonchev–Trinajstić information content (AvgIpc) is 2.77. The smallest absolute Gasteiger partial charge is 0.0529 e. The van der Waals surface area contributed by atoms with Gasteiger partial charge in [-0.15, -0.1) is 11.3 Å². The summed E-state index contributed by atoms with van der Waals surface area (Å²) in [6, 6.07) is 8.57. The molecule has 98 valence electrons. The highest BCUT2D eigenvalue weighted by atomic mass is 32.1. The van der Waals surface area contributed by atoms with E-state index in [9.17, 15) is 0 Å². The third-order valence-corrected chi connectivity index (χ3v) is 4.41. The molecule has 2 rings (SSSR count). The van der Waals surface area contributed by atoms with Crippen molar-refractivity contribution in [2.45, 2.75) is 13.8 Å². The van der Waals surface area contributed by atoms with Crippen molar-refractivity contribution in [1.82, 2.24) is 5.32 Å². The van der Waals surface area contributed by atoms with Crippen molar-refractivity contribution in [2.24, 2.45) is 11.8 Å². The number of thiophene rings is 1. The van der Waals surface area contributed by atoms with E-state index in [0.717, 1.165) is 13.1 Å². The van der Waals surface area contributed by atoms with Gasteiger partial charge in [-0.25, -0.2) is 0 Å². The molecule has 1 unspecified atom stereocenters. The van der Waals surface area contributed by atoms with Gasteiger partial charge in [0.25, 0.3) is 0 Å². The van der Waals surface area contributed by atoms with Crippen LogP contribution in [0.1, 0.15) is 13.8 Å². The van der Waals surface area contributed by atoms with Crippen LogP contribution in [0.2, 0.25) is 0 Å². The standard InChI is InChI=1S/C15H22N2S/c1-11(2)12(8-16-3)9-17-14-10-18-15-7-5-4-6-13(14)15/h4-7,10-12,16-17H,8-9H2,1-3H3. The Bertz CT molecular complexity index is 490. The van der Waals surface area contributed by atoms with Crippen LogP contribution in [-0.2, 0) is 0 Å². The molecular weight excluding hydrogens is 240 g/mol. The Hall–Kier alpha value is -1.06. The molecule has 3 heteroatoms. The van der Waals surface area contributed by atoms with Crippen LogP contribution < -0.4 is 10.6 Å². The lowest BCUT2D eigenvalue weighted by Gasteiger charge is -2.21. The Labute approximate surface area is 113 Å². The lowest BCUT2D eigenvalue weighted by Crippen LogP contribution is -2.29. The van der Waals surface area contributed by atoms with Gasteiger partial charge in [-0.1, -0.05) is 32.0 Å². The first-order valence-corrected chi connectivity index (χ1v) is 7.45. The molecule has 1 aromatic heterocycles. The van der Waals surface area contributed by atoms with E-state index in [-0.39, 0.29) is 0 Å². The van der Waals surface area contributed by atoms with Crippen LogP contribution >= 0.6 is 11.3 Å². The topological polar surface area (TPSA) is 24.1 Å². The first-order valence-electron chi connectivity index (χ1n) is 6.57. The monoisotopic (exact) mass is 262 g/mol. The fraction of sp³-hybridized carbons (Fsp3) is 0.467. The number of fused-ring (bicyclic) bond motifs is 1. The number of anilines is 1. The van der Waals surface area contributed by atoms with Gasteiger partial charge in [0.2, 0.25) is 0 Å². The van der Waals surface area contributed by atoms with E-state index in [2.05, 4.69) is 54.1 Å². The van der Waals surface area contributed by atoms with Crippen molar-refractivity contribution in [3.8, 4) is 0 Å². The van der Waals surface area contributed by atoms with Gasteiger partial charge in [0, 0.05) is 22.0 Å². The molecule has 2 aromatic rings. The number of rotatable bonds is 6. The van der Waals surface area contributed by atoms with E-state index in [1.807, 2.05) is 18.4 Å². The van der Waals surface area contributed by atoms with E-state index in [0.29, 0.717) is 11.8 Å². The second-order valence-corrected chi connectivity index (χ2v) is 6.00. The zero-order chi connectivity index (χ0) is 13.0. The summed E-state index contributed by atoms with van der Waals surface area (Å²) in [5, 5.41) is 10.4. The lowest BCUT2D eigenvalue weighted by molar-refractivity contribution is 0.391. The Morgan fingerprint density at radius 3 is 2.67 bits per heavy atom. The van der Waals surface area contributed by atoms with Crippen LogP contribution in [0.4, 0.5) is 5.69 Å². The largest absolute Gasteiger partial charge is 0.384 e. The predicted molar refractivity (Wildman–Crippen MR) is 82.6 cm³/mol. The van der Waals surface area contributed by atoms with E-state index in [1.54, 1.807) is 0 Å². The molecule has 1 heterocycles. The third kappa shape index (κ3) is 3.03. The second kappa shape index (κ2) is 6.21. The molecular formula is C15H22N2S. The number of nitrogens with one attached hydrogen (secondary N) is 2. The van der Waals surface area contributed by atoms with Crippen LogP contribution in [0.3, 0.4) is 0 Å². The van der Waals surface area contributed by atoms with Crippen molar-refractivity contribution in [1.29, 1.82) is 0 Å². The normalized spacial score (nSPS) is 13.1. The van der Waals surface area contributed by atoms with Crippen LogP contribution in [0.15, 0.2) is 29.6 Å². The summed E-state index contributed by atoms with van der Waals surface area (Å²) in [7, 11) is 2.02. The van der Waals surface area contributed by atoms with Crippen molar-refractivity contribution < 1.29 is 0 Å². The number of hydrogen-bond donors (Lipinski definition) is 2. The van der Waals surface area contributed by atoms with E-state index < -0.39 is 0 Å². The summed E-state index contributed by atoms with van der Waals surface area (Å²) in [5.74, 6) is 1.35. The molecule has 0 bridgehead atoms. The summed E-state index contributed by atoms with van der Waals surface area (Å²) in [6.07, 6.45) is 0. The summed E-state index contributed by atoms with van der Waals surface area (Å²) < 4.78 is 1.36. The molecule has 0 aliphatic rings. The molecule has 0 spiro atoms. The van der Waals surface area contributed by atoms with Gasteiger partial charge in [0.05, 0.1) is 5.69 Å². The molecule has 0 fully saturated rings. The highest BCUT2D eigenvalue weighted by Gasteiger charge is 2.13. The molecule has 1 atom stereocenters. The summed E-state index contributed by atoms with van der Waals surface area (Å²) in [4.78, 5) is 0. The van der Waals surface area contributed by atoms with Gasteiger partial charge in [-0.2, -0.15) is 0 Å². The van der Waals surface area contributed by atoms with Crippen LogP contribution in [0.5, 0.6) is 0 Å². The summed E-state index contributed by atoms with van der Waals surface area (Å²) >= 11 is 1.81. The van der Waals surface area contributed by atoms with Gasteiger partial charge >= 0.3 is 0 Å². The Kier molecular flexibility index (Phi) is 4.61. The predicted octanol–water partition coefficient (Wildman–Crippen LogP) is 3.80. The maximum Gasteiger partial charge on any atom is 0.0529 e. The minimum Gasteiger partial charge on any atom is -0.384 e. The zero-order valence-electron chi connectivity index (χ0n) is 11.4. The van der Waals surface area contributed by atoms with Gasteiger partial charge in [-0.3, -0.25) is 0 Å². The van der Waals surface area contributed by atoms with Gasteiger partial charge < -0.3 is 10.6 Å². The SMILES string of the molecule is CNCC(CNc1csc2ccccc12)C(C)C. The Morgan fingerprint density at radius 2 is 1.94 bits per heavy atom. The maximum atomic E-state index is 3.60. The Morgan fingerprint density at radius 1 is 1.17 bits per heavy atom. The molecule has 1 aromatic carbocycles. The molecule has 2 nitrogen and oxygen atoms in total. The Balaban J connectivity index is 2.05. The summed E-state index contributed by atoms with van der Waals surface area (Å²) in [5.41, 5.74) is 1.28. The zero-order valence-corrected chi connectivity index (χ0v) is 12.2. The minimum absolute atomic E-state index is 0.661. The molecule has 0 radical (unpaired) electrons. The molecule has 0 aliphatic heterocycles. The van der Waals surface area contributed by atoms with Crippen molar-refractivity contribution in [2.75, 3.05) is 25.5 Å². The number of benzene rings is 1. The van der Waals surface area contributed by atoms with Crippen molar-refractivity contribution in [3.05, 3.63) is 29.6 Å². The van der Waals surface area contributed by atoms with Crippen LogP contribution in [0, 0.1) is 11.8 Å². The van der Waals surface area contributed by atoms with E-state index in [4.69, 9.17) is 0 Å². The molecule has 0 saturated carbocycles. The third-order valence-electron chi connectivity index (χ3n) is 3.44. The lowest BCUT2D eigenvalue weighted by atomic mass is 9.95. The van der Waals surface area contributed by atoms with Gasteiger partial charge in [-0.05, 0) is 31.5 Å². The van der Waals surface area contributed by atoms with Crippen LogP contribution in [-0.4, -0.2) is 20.1 Å². The van der Waals surface area contributed by atoms with E-state index in [1.165, 1.54) is 15.8 Å². The fourth-order valence-corrected chi connectivity index (χ4v) is 3.08. The first kappa shape index (κ1) is 13.4. The number of hydrogen-bond acceptors (Lipinski definition) is 3. The molecule has 2 N–H and O–H groups in total. The van der Waals surface area contributed by atoms with Gasteiger partial charge in [0.1, 0.15) is 0 Å². The van der Waals surface area contributed by atoms with Crippen molar-refractivity contribution in [3.63, 3.8) is 0 Å². The average molecular weight is 262 g/mol. The second-order valence-electron chi connectivity index (χ2n) is 5.09. The maximum absolute atomic E-state index is 3.60.